The van der Waals surface area contributed by atoms with Crippen molar-refractivity contribution >= 4 is 33.2 Å². The van der Waals surface area contributed by atoms with Gasteiger partial charge >= 0.3 is 0 Å². The Bertz CT molecular complexity index is 475. The number of halogens is 2. The van der Waals surface area contributed by atoms with Crippen LogP contribution in [0.2, 0.25) is 5.02 Å². The first-order chi connectivity index (χ1) is 7.75. The lowest BCUT2D eigenvalue weighted by Crippen LogP contribution is -2.47. The lowest BCUT2D eigenvalue weighted by molar-refractivity contribution is 0.441. The normalized spacial score (nSPS) is 15.8. The van der Waals surface area contributed by atoms with Gasteiger partial charge in [0.2, 0.25) is 0 Å². The Morgan fingerprint density at radius 3 is 2.53 bits per heavy atom. The summed E-state index contributed by atoms with van der Waals surface area (Å²) in [6.45, 7) is 3.59. The van der Waals surface area contributed by atoms with Gasteiger partial charge in [-0.15, -0.1) is 11.6 Å². The van der Waals surface area contributed by atoms with Crippen LogP contribution in [0, 0.1) is 0 Å². The van der Waals surface area contributed by atoms with Gasteiger partial charge in [0.05, 0.1) is 11.2 Å². The van der Waals surface area contributed by atoms with Crippen LogP contribution in [0.25, 0.3) is 0 Å². The van der Waals surface area contributed by atoms with Crippen LogP contribution in [-0.2, 0) is 17.1 Å². The minimum Gasteiger partial charge on any atom is -0.255 e. The summed E-state index contributed by atoms with van der Waals surface area (Å²) in [4.78, 5) is 0. The number of aryl methyl sites for hydroxylation is 1. The van der Waals surface area contributed by atoms with E-state index in [0.717, 1.165) is 0 Å². The molecule has 0 fully saturated rings. The standard InChI is InChI=1S/C9H15Cl2N3O2S/c1-4-9(2,6-10)13-17(15,16)8-7(11)5-12-14(8)3/h5,13H,4,6H2,1-3H3. The first kappa shape index (κ1) is 14.8. The summed E-state index contributed by atoms with van der Waals surface area (Å²) in [7, 11) is -2.21. The fraction of sp³-hybridized carbons (Fsp3) is 0.667. The fourth-order valence-corrected chi connectivity index (χ4v) is 3.74. The van der Waals surface area contributed by atoms with E-state index in [1.54, 1.807) is 6.92 Å². The second-order valence-electron chi connectivity index (χ2n) is 4.07. The highest BCUT2D eigenvalue weighted by Gasteiger charge is 2.31. The van der Waals surface area contributed by atoms with Gasteiger partial charge in [-0.05, 0) is 13.3 Å². The van der Waals surface area contributed by atoms with E-state index < -0.39 is 15.6 Å². The average Bonchev–Trinajstić information content (AvgIpc) is 2.58. The van der Waals surface area contributed by atoms with E-state index in [1.165, 1.54) is 17.9 Å². The Morgan fingerprint density at radius 2 is 2.18 bits per heavy atom. The van der Waals surface area contributed by atoms with E-state index in [2.05, 4.69) is 9.82 Å². The summed E-state index contributed by atoms with van der Waals surface area (Å²) in [6.07, 6.45) is 1.87. The molecule has 0 saturated carbocycles. The monoisotopic (exact) mass is 299 g/mol. The van der Waals surface area contributed by atoms with Crippen molar-refractivity contribution in [2.45, 2.75) is 30.8 Å². The third-order valence-electron chi connectivity index (χ3n) is 2.55. The zero-order chi connectivity index (χ0) is 13.3. The zero-order valence-corrected chi connectivity index (χ0v) is 12.2. The molecule has 1 unspecified atom stereocenters. The smallest absolute Gasteiger partial charge is 0.255 e. The van der Waals surface area contributed by atoms with E-state index >= 15 is 0 Å². The molecule has 0 aliphatic carbocycles. The predicted molar refractivity (Wildman–Crippen MR) is 68.0 cm³/mol. The molecule has 1 N–H and O–H groups in total. The van der Waals surface area contributed by atoms with Crippen LogP contribution in [0.5, 0.6) is 0 Å². The van der Waals surface area contributed by atoms with Gasteiger partial charge in [-0.2, -0.15) is 5.10 Å². The summed E-state index contributed by atoms with van der Waals surface area (Å²) in [6, 6.07) is 0. The summed E-state index contributed by atoms with van der Waals surface area (Å²) >= 11 is 11.6. The number of aromatic nitrogens is 2. The molecule has 0 radical (unpaired) electrons. The molecule has 0 aliphatic rings. The molecule has 0 aliphatic heterocycles. The molecule has 1 atom stereocenters. The van der Waals surface area contributed by atoms with E-state index in [4.69, 9.17) is 23.2 Å². The molecule has 1 aromatic heterocycles. The van der Waals surface area contributed by atoms with Gasteiger partial charge in [-0.1, -0.05) is 18.5 Å². The van der Waals surface area contributed by atoms with Crippen LogP contribution < -0.4 is 4.72 Å². The Morgan fingerprint density at radius 1 is 1.59 bits per heavy atom. The number of nitrogens with zero attached hydrogens (tertiary/aromatic N) is 2. The molecule has 8 heteroatoms. The van der Waals surface area contributed by atoms with Crippen molar-refractivity contribution < 1.29 is 8.42 Å². The van der Waals surface area contributed by atoms with Crippen LogP contribution in [0.3, 0.4) is 0 Å². The quantitative estimate of drug-likeness (QED) is 0.843. The van der Waals surface area contributed by atoms with Crippen molar-refractivity contribution in [2.75, 3.05) is 5.88 Å². The first-order valence-electron chi connectivity index (χ1n) is 5.03. The highest BCUT2D eigenvalue weighted by molar-refractivity contribution is 7.89. The lowest BCUT2D eigenvalue weighted by atomic mass is 10.0. The van der Waals surface area contributed by atoms with Gasteiger partial charge in [0.15, 0.2) is 5.03 Å². The topological polar surface area (TPSA) is 64.0 Å². The minimum absolute atomic E-state index is 0.0519. The van der Waals surface area contributed by atoms with Crippen LogP contribution in [0.1, 0.15) is 20.3 Å². The maximum Gasteiger partial charge on any atom is 0.259 e. The first-order valence-corrected chi connectivity index (χ1v) is 7.43. The molecule has 0 aromatic carbocycles. The molecule has 0 saturated heterocycles. The van der Waals surface area contributed by atoms with Crippen LogP contribution in [0.15, 0.2) is 11.2 Å². The number of hydrogen-bond acceptors (Lipinski definition) is 3. The van der Waals surface area contributed by atoms with Crippen molar-refractivity contribution in [3.8, 4) is 0 Å². The van der Waals surface area contributed by atoms with E-state index in [1.807, 2.05) is 6.92 Å². The molecule has 0 bridgehead atoms. The largest absolute Gasteiger partial charge is 0.259 e. The van der Waals surface area contributed by atoms with Crippen molar-refractivity contribution in [3.63, 3.8) is 0 Å². The molecule has 1 heterocycles. The van der Waals surface area contributed by atoms with Gasteiger partial charge in [0, 0.05) is 18.5 Å². The number of sulfonamides is 1. The Balaban J connectivity index is 3.14. The number of hydrogen-bond donors (Lipinski definition) is 1. The maximum absolute atomic E-state index is 12.2. The van der Waals surface area contributed by atoms with Crippen LogP contribution in [0.4, 0.5) is 0 Å². The Kier molecular flexibility index (Phi) is 4.46. The van der Waals surface area contributed by atoms with Crippen LogP contribution in [-0.4, -0.2) is 29.6 Å². The Hall–Kier alpha value is -0.300. The molecule has 5 nitrogen and oxygen atoms in total. The van der Waals surface area contributed by atoms with E-state index in [0.29, 0.717) is 6.42 Å². The molecule has 0 spiro atoms. The molecule has 98 valence electrons. The minimum atomic E-state index is -3.73. The number of nitrogens with one attached hydrogen (secondary N) is 1. The molecular weight excluding hydrogens is 285 g/mol. The van der Waals surface area contributed by atoms with Crippen molar-refractivity contribution in [3.05, 3.63) is 11.2 Å². The van der Waals surface area contributed by atoms with Gasteiger partial charge < -0.3 is 0 Å². The summed E-state index contributed by atoms with van der Waals surface area (Å²) < 4.78 is 28.1. The van der Waals surface area contributed by atoms with Crippen molar-refractivity contribution in [2.24, 2.45) is 7.05 Å². The molecular formula is C9H15Cl2N3O2S. The highest BCUT2D eigenvalue weighted by Crippen LogP contribution is 2.22. The molecule has 17 heavy (non-hydrogen) atoms. The van der Waals surface area contributed by atoms with Gasteiger partial charge in [0.25, 0.3) is 10.0 Å². The predicted octanol–water partition coefficient (Wildman–Crippen LogP) is 1.76. The molecule has 1 rings (SSSR count). The third-order valence-corrected chi connectivity index (χ3v) is 5.29. The van der Waals surface area contributed by atoms with Gasteiger partial charge in [-0.25, -0.2) is 13.1 Å². The van der Waals surface area contributed by atoms with Crippen LogP contribution >= 0.6 is 23.2 Å². The number of alkyl halides is 1. The molecule has 1 aromatic rings. The second-order valence-corrected chi connectivity index (χ2v) is 6.35. The zero-order valence-electron chi connectivity index (χ0n) is 9.87. The average molecular weight is 300 g/mol. The van der Waals surface area contributed by atoms with Crippen molar-refractivity contribution in [1.82, 2.24) is 14.5 Å². The SMILES string of the molecule is CCC(C)(CCl)NS(=O)(=O)c1c(Cl)cnn1C. The maximum atomic E-state index is 12.2. The third kappa shape index (κ3) is 3.13. The van der Waals surface area contributed by atoms with E-state index in [9.17, 15) is 8.42 Å². The van der Waals surface area contributed by atoms with E-state index in [-0.39, 0.29) is 15.9 Å². The Labute approximate surface area is 111 Å². The summed E-state index contributed by atoms with van der Waals surface area (Å²) in [5.74, 6) is 0.179. The van der Waals surface area contributed by atoms with Gasteiger partial charge in [0.1, 0.15) is 0 Å². The highest BCUT2D eigenvalue weighted by atomic mass is 35.5. The number of rotatable bonds is 5. The van der Waals surface area contributed by atoms with Gasteiger partial charge in [-0.3, -0.25) is 4.68 Å². The summed E-state index contributed by atoms with van der Waals surface area (Å²) in [5.41, 5.74) is -0.700. The summed E-state index contributed by atoms with van der Waals surface area (Å²) in [5, 5.41) is 3.84. The lowest BCUT2D eigenvalue weighted by Gasteiger charge is -2.26. The fourth-order valence-electron chi connectivity index (χ4n) is 1.27. The second kappa shape index (κ2) is 5.14. The molecule has 0 amide bonds. The van der Waals surface area contributed by atoms with Crippen molar-refractivity contribution in [1.29, 1.82) is 0 Å².